The van der Waals surface area contributed by atoms with Gasteiger partial charge in [0.05, 0.1) is 12.3 Å². The van der Waals surface area contributed by atoms with Crippen LogP contribution in [0.5, 0.6) is 11.5 Å². The minimum Gasteiger partial charge on any atom is -0.490 e. The van der Waals surface area contributed by atoms with Crippen molar-refractivity contribution in [3.05, 3.63) is 39.8 Å². The topological polar surface area (TPSA) is 55.1 Å². The van der Waals surface area contributed by atoms with Crippen LogP contribution >= 0.6 is 11.3 Å². The Hall–Kier alpha value is -2.06. The molecule has 4 nitrogen and oxygen atoms in total. The molecule has 0 aliphatic rings. The first kappa shape index (κ1) is 15.3. The second-order valence-corrected chi connectivity index (χ2v) is 5.84. The molecule has 1 aromatic heterocycles. The number of aromatic nitrogens is 1. The van der Waals surface area contributed by atoms with Gasteiger partial charge < -0.3 is 9.47 Å². The van der Waals surface area contributed by atoms with E-state index in [1.807, 2.05) is 45.0 Å². The van der Waals surface area contributed by atoms with Gasteiger partial charge in [0.15, 0.2) is 11.5 Å². The van der Waals surface area contributed by atoms with E-state index in [-0.39, 0.29) is 5.92 Å². The predicted octanol–water partition coefficient (Wildman–Crippen LogP) is 4.12. The molecule has 0 saturated heterocycles. The zero-order chi connectivity index (χ0) is 15.2. The van der Waals surface area contributed by atoms with E-state index < -0.39 is 0 Å². The summed E-state index contributed by atoms with van der Waals surface area (Å²) in [5, 5.41) is 9.95. The quantitative estimate of drug-likeness (QED) is 0.805. The fourth-order valence-corrected chi connectivity index (χ4v) is 2.82. The van der Waals surface area contributed by atoms with Crippen LogP contribution in [0.25, 0.3) is 0 Å². The van der Waals surface area contributed by atoms with Crippen LogP contribution in [0.3, 0.4) is 0 Å². The van der Waals surface area contributed by atoms with E-state index in [9.17, 15) is 0 Å². The SMILES string of the molecule is CCOc1ccccc1OCc1nc(C(C)C)c(C#N)s1. The molecule has 0 fully saturated rings. The molecule has 0 bridgehead atoms. The zero-order valence-electron chi connectivity index (χ0n) is 12.4. The third-order valence-corrected chi connectivity index (χ3v) is 3.80. The molecule has 0 aliphatic heterocycles. The number of hydrogen-bond acceptors (Lipinski definition) is 5. The third kappa shape index (κ3) is 3.73. The largest absolute Gasteiger partial charge is 0.490 e. The van der Waals surface area contributed by atoms with Crippen LogP contribution in [-0.2, 0) is 6.61 Å². The predicted molar refractivity (Wildman–Crippen MR) is 82.9 cm³/mol. The Morgan fingerprint density at radius 2 is 1.90 bits per heavy atom. The summed E-state index contributed by atoms with van der Waals surface area (Å²) in [7, 11) is 0. The van der Waals surface area contributed by atoms with Crippen molar-refractivity contribution in [3.8, 4) is 17.6 Å². The molecule has 0 aliphatic carbocycles. The van der Waals surface area contributed by atoms with E-state index in [1.165, 1.54) is 11.3 Å². The summed E-state index contributed by atoms with van der Waals surface area (Å²) in [5.41, 5.74) is 0.846. The number of ether oxygens (including phenoxy) is 2. The third-order valence-electron chi connectivity index (χ3n) is 2.85. The number of thiazole rings is 1. The van der Waals surface area contributed by atoms with E-state index in [0.717, 1.165) is 16.5 Å². The first-order valence-electron chi connectivity index (χ1n) is 6.90. The number of benzene rings is 1. The molecule has 0 spiro atoms. The van der Waals surface area contributed by atoms with Gasteiger partial charge in [-0.15, -0.1) is 11.3 Å². The summed E-state index contributed by atoms with van der Waals surface area (Å²) in [6, 6.07) is 9.76. The summed E-state index contributed by atoms with van der Waals surface area (Å²) >= 11 is 1.39. The molecule has 5 heteroatoms. The van der Waals surface area contributed by atoms with Gasteiger partial charge >= 0.3 is 0 Å². The molecule has 2 rings (SSSR count). The van der Waals surface area contributed by atoms with Crippen molar-refractivity contribution in [1.82, 2.24) is 4.98 Å². The van der Waals surface area contributed by atoms with Crippen molar-refractivity contribution in [1.29, 1.82) is 5.26 Å². The van der Waals surface area contributed by atoms with Crippen molar-refractivity contribution in [2.24, 2.45) is 0 Å². The van der Waals surface area contributed by atoms with Gasteiger partial charge in [0.2, 0.25) is 0 Å². The summed E-state index contributed by atoms with van der Waals surface area (Å²) in [4.78, 5) is 5.17. The molecular formula is C16H18N2O2S. The molecule has 21 heavy (non-hydrogen) atoms. The molecule has 2 aromatic rings. The number of rotatable bonds is 6. The highest BCUT2D eigenvalue weighted by Crippen LogP contribution is 2.29. The van der Waals surface area contributed by atoms with Crippen molar-refractivity contribution < 1.29 is 9.47 Å². The Morgan fingerprint density at radius 1 is 1.24 bits per heavy atom. The summed E-state index contributed by atoms with van der Waals surface area (Å²) < 4.78 is 11.3. The van der Waals surface area contributed by atoms with E-state index in [1.54, 1.807) is 0 Å². The first-order valence-corrected chi connectivity index (χ1v) is 7.71. The summed E-state index contributed by atoms with van der Waals surface area (Å²) in [6.45, 7) is 6.94. The average Bonchev–Trinajstić information content (AvgIpc) is 2.90. The van der Waals surface area contributed by atoms with Crippen LogP contribution in [0.4, 0.5) is 0 Å². The average molecular weight is 302 g/mol. The molecule has 1 aromatic carbocycles. The monoisotopic (exact) mass is 302 g/mol. The number of nitrogens with zero attached hydrogens (tertiary/aromatic N) is 2. The van der Waals surface area contributed by atoms with Crippen LogP contribution in [-0.4, -0.2) is 11.6 Å². The fraction of sp³-hybridized carbons (Fsp3) is 0.375. The van der Waals surface area contributed by atoms with E-state index in [2.05, 4.69) is 11.1 Å². The highest BCUT2D eigenvalue weighted by Gasteiger charge is 2.14. The lowest BCUT2D eigenvalue weighted by atomic mass is 10.1. The van der Waals surface area contributed by atoms with Crippen LogP contribution in [0.1, 0.15) is 42.3 Å². The van der Waals surface area contributed by atoms with Crippen LogP contribution in [0.15, 0.2) is 24.3 Å². The van der Waals surface area contributed by atoms with E-state index in [4.69, 9.17) is 14.7 Å². The smallest absolute Gasteiger partial charge is 0.161 e. The van der Waals surface area contributed by atoms with Crippen LogP contribution in [0, 0.1) is 11.3 Å². The highest BCUT2D eigenvalue weighted by atomic mass is 32.1. The first-order chi connectivity index (χ1) is 10.2. The Labute approximate surface area is 129 Å². The zero-order valence-corrected chi connectivity index (χ0v) is 13.2. The van der Waals surface area contributed by atoms with Crippen LogP contribution < -0.4 is 9.47 Å². The maximum absolute atomic E-state index is 9.14. The molecule has 1 heterocycles. The standard InChI is InChI=1S/C16H18N2O2S/c1-4-19-12-7-5-6-8-13(12)20-10-15-18-16(11(2)3)14(9-17)21-15/h5-8,11H,4,10H2,1-3H3. The van der Waals surface area contributed by atoms with Crippen molar-refractivity contribution >= 4 is 11.3 Å². The number of para-hydroxylation sites is 2. The lowest BCUT2D eigenvalue weighted by Gasteiger charge is -2.10. The lowest BCUT2D eigenvalue weighted by molar-refractivity contribution is 0.269. The molecular weight excluding hydrogens is 284 g/mol. The Bertz CT molecular complexity index is 644. The molecule has 0 saturated carbocycles. The second-order valence-electron chi connectivity index (χ2n) is 4.76. The molecule has 0 radical (unpaired) electrons. The van der Waals surface area contributed by atoms with Gasteiger partial charge in [-0.05, 0) is 25.0 Å². The minimum absolute atomic E-state index is 0.236. The number of hydrogen-bond donors (Lipinski definition) is 0. The van der Waals surface area contributed by atoms with Gasteiger partial charge in [-0.2, -0.15) is 5.26 Å². The molecule has 110 valence electrons. The van der Waals surface area contributed by atoms with E-state index in [0.29, 0.717) is 23.8 Å². The summed E-state index contributed by atoms with van der Waals surface area (Å²) in [6.07, 6.45) is 0. The van der Waals surface area contributed by atoms with Gasteiger partial charge in [0.25, 0.3) is 0 Å². The Balaban J connectivity index is 2.12. The van der Waals surface area contributed by atoms with Gasteiger partial charge in [-0.1, -0.05) is 26.0 Å². The normalized spacial score (nSPS) is 10.4. The van der Waals surface area contributed by atoms with Crippen LogP contribution in [0.2, 0.25) is 0 Å². The Morgan fingerprint density at radius 3 is 2.43 bits per heavy atom. The van der Waals surface area contributed by atoms with E-state index >= 15 is 0 Å². The van der Waals surface area contributed by atoms with Crippen molar-refractivity contribution in [3.63, 3.8) is 0 Å². The number of nitriles is 1. The minimum atomic E-state index is 0.236. The van der Waals surface area contributed by atoms with Crippen molar-refractivity contribution in [2.45, 2.75) is 33.3 Å². The molecule has 0 unspecified atom stereocenters. The molecule has 0 amide bonds. The Kier molecular flexibility index (Phi) is 5.18. The maximum Gasteiger partial charge on any atom is 0.161 e. The maximum atomic E-state index is 9.14. The molecule has 0 atom stereocenters. The highest BCUT2D eigenvalue weighted by molar-refractivity contribution is 7.12. The van der Waals surface area contributed by atoms with Gasteiger partial charge in [-0.3, -0.25) is 0 Å². The van der Waals surface area contributed by atoms with Gasteiger partial charge in [-0.25, -0.2) is 4.98 Å². The lowest BCUT2D eigenvalue weighted by Crippen LogP contribution is -1.99. The van der Waals surface area contributed by atoms with Gasteiger partial charge in [0, 0.05) is 0 Å². The molecule has 0 N–H and O–H groups in total. The fourth-order valence-electron chi connectivity index (χ4n) is 1.89. The van der Waals surface area contributed by atoms with Crippen molar-refractivity contribution in [2.75, 3.05) is 6.61 Å². The van der Waals surface area contributed by atoms with Gasteiger partial charge in [0.1, 0.15) is 22.6 Å². The summed E-state index contributed by atoms with van der Waals surface area (Å²) in [5.74, 6) is 1.65. The second kappa shape index (κ2) is 7.09.